The number of benzene rings is 1. The lowest BCUT2D eigenvalue weighted by Crippen LogP contribution is -2.26. The first-order valence-electron chi connectivity index (χ1n) is 6.53. The molecule has 0 aliphatic carbocycles. The summed E-state index contributed by atoms with van der Waals surface area (Å²) in [6.07, 6.45) is -0.0236. The molecular formula is C15H20N2O3. The van der Waals surface area contributed by atoms with E-state index in [-0.39, 0.29) is 12.7 Å². The molecule has 5 heteroatoms. The summed E-state index contributed by atoms with van der Waals surface area (Å²) in [4.78, 5) is 4.39. The Labute approximate surface area is 118 Å². The van der Waals surface area contributed by atoms with Gasteiger partial charge in [0.25, 0.3) is 0 Å². The monoisotopic (exact) mass is 276 g/mol. The van der Waals surface area contributed by atoms with Crippen molar-refractivity contribution in [2.75, 3.05) is 32.7 Å². The Kier molecular flexibility index (Phi) is 5.29. The number of nitrogens with one attached hydrogen (secondary N) is 1. The number of anilines is 1. The zero-order valence-corrected chi connectivity index (χ0v) is 11.8. The van der Waals surface area contributed by atoms with Crippen molar-refractivity contribution < 1.29 is 14.6 Å². The molecule has 1 atom stereocenters. The summed E-state index contributed by atoms with van der Waals surface area (Å²) in [6, 6.07) is 9.70. The van der Waals surface area contributed by atoms with Gasteiger partial charge in [-0.25, -0.2) is 0 Å². The number of hydrogen-bond acceptors (Lipinski definition) is 5. The number of aliphatic hydroxyl groups is 1. The smallest absolute Gasteiger partial charge is 0.0976 e. The first kappa shape index (κ1) is 14.7. The molecule has 1 aromatic heterocycles. The molecule has 0 spiro atoms. The normalized spacial score (nSPS) is 12.6. The van der Waals surface area contributed by atoms with Gasteiger partial charge in [-0.05, 0) is 12.1 Å². The second kappa shape index (κ2) is 7.19. The second-order valence-electron chi connectivity index (χ2n) is 4.53. The molecule has 0 saturated heterocycles. The molecule has 1 unspecified atom stereocenters. The molecule has 2 N–H and O–H groups in total. The van der Waals surface area contributed by atoms with Crippen molar-refractivity contribution in [1.29, 1.82) is 0 Å². The van der Waals surface area contributed by atoms with E-state index in [1.807, 2.05) is 30.3 Å². The van der Waals surface area contributed by atoms with Crippen LogP contribution in [0, 0.1) is 0 Å². The fourth-order valence-electron chi connectivity index (χ4n) is 2.08. The highest BCUT2D eigenvalue weighted by atomic mass is 16.5. The Morgan fingerprint density at radius 2 is 2.10 bits per heavy atom. The number of ether oxygens (including phenoxy) is 2. The summed E-state index contributed by atoms with van der Waals surface area (Å²) in [5, 5.41) is 13.7. The zero-order chi connectivity index (χ0) is 14.4. The van der Waals surface area contributed by atoms with Crippen molar-refractivity contribution in [2.45, 2.75) is 12.7 Å². The van der Waals surface area contributed by atoms with Crippen molar-refractivity contribution in [3.8, 4) is 0 Å². The topological polar surface area (TPSA) is 63.6 Å². The van der Waals surface area contributed by atoms with E-state index < -0.39 is 0 Å². The largest absolute Gasteiger partial charge is 0.390 e. The summed E-state index contributed by atoms with van der Waals surface area (Å²) >= 11 is 0. The molecule has 1 aromatic carbocycles. The highest BCUT2D eigenvalue weighted by Crippen LogP contribution is 2.23. The Morgan fingerprint density at radius 3 is 2.80 bits per heavy atom. The Bertz CT molecular complexity index is 560. The van der Waals surface area contributed by atoms with E-state index in [2.05, 4.69) is 10.3 Å². The van der Waals surface area contributed by atoms with Gasteiger partial charge in [0.1, 0.15) is 0 Å². The van der Waals surface area contributed by atoms with Gasteiger partial charge in [0.2, 0.25) is 0 Å². The van der Waals surface area contributed by atoms with E-state index in [1.165, 1.54) is 0 Å². The average Bonchev–Trinajstić information content (AvgIpc) is 2.50. The number of aromatic nitrogens is 1. The predicted molar refractivity (Wildman–Crippen MR) is 78.8 cm³/mol. The summed E-state index contributed by atoms with van der Waals surface area (Å²) in [7, 11) is 3.31. The molecule has 5 nitrogen and oxygen atoms in total. The maximum atomic E-state index is 9.29. The first-order valence-corrected chi connectivity index (χ1v) is 6.53. The van der Waals surface area contributed by atoms with Gasteiger partial charge in [0.05, 0.1) is 30.5 Å². The minimum atomic E-state index is -0.0781. The van der Waals surface area contributed by atoms with Crippen LogP contribution in [0.25, 0.3) is 10.9 Å². The molecule has 0 saturated carbocycles. The van der Waals surface area contributed by atoms with Gasteiger partial charge in [0, 0.05) is 31.8 Å². The summed E-state index contributed by atoms with van der Waals surface area (Å²) < 4.78 is 10.4. The first-order chi connectivity index (χ1) is 9.78. The van der Waals surface area contributed by atoms with Crippen LogP contribution in [0.15, 0.2) is 30.3 Å². The van der Waals surface area contributed by atoms with Crippen LogP contribution in [-0.2, 0) is 16.1 Å². The van der Waals surface area contributed by atoms with E-state index in [0.29, 0.717) is 18.8 Å². The molecule has 0 bridgehead atoms. The third-order valence-corrected chi connectivity index (χ3v) is 3.14. The fraction of sp³-hybridized carbons (Fsp3) is 0.400. The summed E-state index contributed by atoms with van der Waals surface area (Å²) in [5.41, 5.74) is 2.45. The van der Waals surface area contributed by atoms with E-state index in [0.717, 1.165) is 16.6 Å². The number of pyridine rings is 1. The molecule has 0 aliphatic rings. The van der Waals surface area contributed by atoms with Gasteiger partial charge in [-0.2, -0.15) is 0 Å². The second-order valence-corrected chi connectivity index (χ2v) is 4.53. The lowest BCUT2D eigenvalue weighted by Gasteiger charge is -2.17. The number of rotatable bonds is 7. The van der Waals surface area contributed by atoms with Crippen LogP contribution in [0.4, 0.5) is 5.69 Å². The molecule has 20 heavy (non-hydrogen) atoms. The number of fused-ring (bicyclic) bond motifs is 1. The quantitative estimate of drug-likeness (QED) is 0.807. The third kappa shape index (κ3) is 3.45. The Balaban J connectivity index is 2.23. The van der Waals surface area contributed by atoms with Gasteiger partial charge in [-0.3, -0.25) is 4.98 Å². The molecule has 2 rings (SSSR count). The molecule has 1 heterocycles. The zero-order valence-electron chi connectivity index (χ0n) is 11.8. The fourth-order valence-corrected chi connectivity index (χ4v) is 2.08. The van der Waals surface area contributed by atoms with E-state index >= 15 is 0 Å². The van der Waals surface area contributed by atoms with Gasteiger partial charge < -0.3 is 19.9 Å². The van der Waals surface area contributed by atoms with Crippen LogP contribution in [0.5, 0.6) is 0 Å². The van der Waals surface area contributed by atoms with Crippen molar-refractivity contribution in [2.24, 2.45) is 0 Å². The number of methoxy groups -OCH3 is 2. The minimum Gasteiger partial charge on any atom is -0.390 e. The van der Waals surface area contributed by atoms with Crippen LogP contribution in [0.1, 0.15) is 5.69 Å². The number of nitrogens with zero attached hydrogens (tertiary/aromatic N) is 1. The van der Waals surface area contributed by atoms with E-state index in [9.17, 15) is 5.11 Å². The standard InChI is InChI=1S/C15H20N2O3/c1-19-10-12(20-2)8-16-15-7-11(9-18)17-14-6-4-3-5-13(14)15/h3-7,12,18H,8-10H2,1-2H3,(H,16,17). The highest BCUT2D eigenvalue weighted by Gasteiger charge is 2.09. The van der Waals surface area contributed by atoms with Gasteiger partial charge in [-0.1, -0.05) is 18.2 Å². The molecule has 108 valence electrons. The van der Waals surface area contributed by atoms with Gasteiger partial charge in [0.15, 0.2) is 0 Å². The van der Waals surface area contributed by atoms with Gasteiger partial charge >= 0.3 is 0 Å². The maximum Gasteiger partial charge on any atom is 0.0976 e. The molecule has 2 aromatic rings. The summed E-state index contributed by atoms with van der Waals surface area (Å²) in [5.74, 6) is 0. The van der Waals surface area contributed by atoms with Crippen LogP contribution < -0.4 is 5.32 Å². The molecular weight excluding hydrogens is 256 g/mol. The Morgan fingerprint density at radius 1 is 1.30 bits per heavy atom. The van der Waals surface area contributed by atoms with Crippen LogP contribution in [-0.4, -0.2) is 43.6 Å². The Hall–Kier alpha value is -1.69. The lowest BCUT2D eigenvalue weighted by atomic mass is 10.1. The van der Waals surface area contributed by atoms with Crippen molar-refractivity contribution in [3.63, 3.8) is 0 Å². The molecule has 0 aliphatic heterocycles. The van der Waals surface area contributed by atoms with Crippen LogP contribution in [0.2, 0.25) is 0 Å². The highest BCUT2D eigenvalue weighted by molar-refractivity contribution is 5.91. The van der Waals surface area contributed by atoms with Crippen LogP contribution in [0.3, 0.4) is 0 Å². The maximum absolute atomic E-state index is 9.29. The SMILES string of the molecule is COCC(CNc1cc(CO)nc2ccccc12)OC. The number of aliphatic hydroxyl groups excluding tert-OH is 1. The van der Waals surface area contributed by atoms with Crippen molar-refractivity contribution in [3.05, 3.63) is 36.0 Å². The van der Waals surface area contributed by atoms with E-state index in [1.54, 1.807) is 14.2 Å². The average molecular weight is 276 g/mol. The summed E-state index contributed by atoms with van der Waals surface area (Å²) in [6.45, 7) is 1.08. The van der Waals surface area contributed by atoms with Crippen molar-refractivity contribution in [1.82, 2.24) is 4.98 Å². The minimum absolute atomic E-state index is 0.0236. The van der Waals surface area contributed by atoms with Gasteiger partial charge in [-0.15, -0.1) is 0 Å². The molecule has 0 amide bonds. The predicted octanol–water partition coefficient (Wildman–Crippen LogP) is 1.80. The van der Waals surface area contributed by atoms with Crippen molar-refractivity contribution >= 4 is 16.6 Å². The lowest BCUT2D eigenvalue weighted by molar-refractivity contribution is 0.0366. The van der Waals surface area contributed by atoms with E-state index in [4.69, 9.17) is 9.47 Å². The van der Waals surface area contributed by atoms with Crippen LogP contribution >= 0.6 is 0 Å². The number of hydrogen-bond donors (Lipinski definition) is 2. The third-order valence-electron chi connectivity index (χ3n) is 3.14. The number of para-hydroxylation sites is 1. The molecule has 0 fully saturated rings. The molecule has 0 radical (unpaired) electrons.